The second kappa shape index (κ2) is 6.27. The van der Waals surface area contributed by atoms with E-state index in [1.54, 1.807) is 18.2 Å². The smallest absolute Gasteiger partial charge is 0.418 e. The van der Waals surface area contributed by atoms with Gasteiger partial charge in [0.1, 0.15) is 5.75 Å². The molecule has 112 valence electrons. The highest BCUT2D eigenvalue weighted by Crippen LogP contribution is 2.36. The zero-order valence-corrected chi connectivity index (χ0v) is 13.7. The molecule has 0 amide bonds. The number of alkyl halides is 3. The van der Waals surface area contributed by atoms with Crippen LogP contribution in [-0.2, 0) is 12.7 Å². The Morgan fingerprint density at radius 1 is 1.05 bits per heavy atom. The number of para-hydroxylation sites is 1. The Labute approximate surface area is 136 Å². The van der Waals surface area contributed by atoms with Crippen molar-refractivity contribution in [2.24, 2.45) is 0 Å². The molecule has 2 aromatic rings. The summed E-state index contributed by atoms with van der Waals surface area (Å²) in [6, 6.07) is 8.59. The highest BCUT2D eigenvalue weighted by molar-refractivity contribution is 9.11. The van der Waals surface area contributed by atoms with E-state index in [-0.39, 0.29) is 18.0 Å². The summed E-state index contributed by atoms with van der Waals surface area (Å²) in [5.41, 5.74) is 0.0377. The molecule has 0 saturated carbocycles. The van der Waals surface area contributed by atoms with Gasteiger partial charge in [-0.05, 0) is 61.7 Å². The Kier molecular flexibility index (Phi) is 4.83. The van der Waals surface area contributed by atoms with Crippen molar-refractivity contribution in [3.8, 4) is 5.75 Å². The Morgan fingerprint density at radius 3 is 2.19 bits per heavy atom. The zero-order chi connectivity index (χ0) is 15.6. The lowest BCUT2D eigenvalue weighted by molar-refractivity contribution is -0.136. The molecule has 2 rings (SSSR count). The van der Waals surface area contributed by atoms with Gasteiger partial charge in [0.15, 0.2) is 0 Å². The fraction of sp³-hybridized carbons (Fsp3) is 0.143. The van der Waals surface area contributed by atoms with Crippen molar-refractivity contribution in [3.63, 3.8) is 0 Å². The lowest BCUT2D eigenvalue weighted by Gasteiger charge is -2.15. The van der Waals surface area contributed by atoms with Crippen molar-refractivity contribution in [2.45, 2.75) is 12.7 Å². The second-order valence-electron chi connectivity index (χ2n) is 4.30. The molecule has 0 saturated heterocycles. The molecular weight excluding hydrogens is 415 g/mol. The molecule has 0 aliphatic heterocycles. The van der Waals surface area contributed by atoms with Crippen LogP contribution in [0.3, 0.4) is 0 Å². The van der Waals surface area contributed by atoms with Crippen LogP contribution in [0.5, 0.6) is 5.75 Å². The van der Waals surface area contributed by atoms with Gasteiger partial charge < -0.3 is 10.4 Å². The van der Waals surface area contributed by atoms with E-state index in [1.165, 1.54) is 12.1 Å². The highest BCUT2D eigenvalue weighted by Gasteiger charge is 2.33. The molecule has 0 aliphatic rings. The van der Waals surface area contributed by atoms with E-state index in [1.807, 2.05) is 0 Å². The third kappa shape index (κ3) is 3.91. The van der Waals surface area contributed by atoms with Crippen LogP contribution < -0.4 is 5.32 Å². The van der Waals surface area contributed by atoms with Gasteiger partial charge >= 0.3 is 6.18 Å². The van der Waals surface area contributed by atoms with Gasteiger partial charge in [0, 0.05) is 12.2 Å². The van der Waals surface area contributed by atoms with Gasteiger partial charge in [-0.15, -0.1) is 0 Å². The van der Waals surface area contributed by atoms with E-state index in [0.29, 0.717) is 8.95 Å². The molecule has 21 heavy (non-hydrogen) atoms. The lowest BCUT2D eigenvalue weighted by Crippen LogP contribution is -2.10. The van der Waals surface area contributed by atoms with Crippen LogP contribution in [0.1, 0.15) is 11.1 Å². The zero-order valence-electron chi connectivity index (χ0n) is 10.5. The molecule has 2 nitrogen and oxygen atoms in total. The van der Waals surface area contributed by atoms with Crippen molar-refractivity contribution < 1.29 is 18.3 Å². The highest BCUT2D eigenvalue weighted by atomic mass is 79.9. The molecule has 2 aromatic carbocycles. The van der Waals surface area contributed by atoms with Crippen molar-refractivity contribution in [1.29, 1.82) is 0 Å². The van der Waals surface area contributed by atoms with Crippen molar-refractivity contribution in [2.75, 3.05) is 5.32 Å². The van der Waals surface area contributed by atoms with E-state index in [0.717, 1.165) is 11.6 Å². The fourth-order valence-electron chi connectivity index (χ4n) is 1.80. The number of rotatable bonds is 3. The van der Waals surface area contributed by atoms with Crippen LogP contribution in [-0.4, -0.2) is 5.11 Å². The molecule has 2 N–H and O–H groups in total. The Morgan fingerprint density at radius 2 is 1.62 bits per heavy atom. The van der Waals surface area contributed by atoms with Gasteiger partial charge in [-0.25, -0.2) is 0 Å². The van der Waals surface area contributed by atoms with Gasteiger partial charge in [0.05, 0.1) is 14.5 Å². The van der Waals surface area contributed by atoms with E-state index in [4.69, 9.17) is 0 Å². The summed E-state index contributed by atoms with van der Waals surface area (Å²) in [6.07, 6.45) is -4.40. The maximum Gasteiger partial charge on any atom is 0.418 e. The predicted molar refractivity (Wildman–Crippen MR) is 82.3 cm³/mol. The SMILES string of the molecule is Oc1c(Br)cc(CNc2ccccc2C(F)(F)F)cc1Br. The molecule has 0 aliphatic carbocycles. The first-order valence-corrected chi connectivity index (χ1v) is 7.44. The summed E-state index contributed by atoms with van der Waals surface area (Å²) in [5, 5.41) is 12.4. The molecule has 0 heterocycles. The molecule has 0 unspecified atom stereocenters. The van der Waals surface area contributed by atoms with Crippen LogP contribution >= 0.6 is 31.9 Å². The summed E-state index contributed by atoms with van der Waals surface area (Å²) < 4.78 is 39.5. The number of hydrogen-bond acceptors (Lipinski definition) is 2. The largest absolute Gasteiger partial charge is 0.506 e. The van der Waals surface area contributed by atoms with Crippen molar-refractivity contribution in [1.82, 2.24) is 0 Å². The molecular formula is C14H10Br2F3NO. The van der Waals surface area contributed by atoms with Crippen LogP contribution in [0.15, 0.2) is 45.3 Å². The average Bonchev–Trinajstić information content (AvgIpc) is 2.41. The minimum absolute atomic E-state index is 0.0188. The van der Waals surface area contributed by atoms with Crippen molar-refractivity contribution >= 4 is 37.5 Å². The average molecular weight is 425 g/mol. The Bertz CT molecular complexity index is 636. The number of hydrogen-bond donors (Lipinski definition) is 2. The normalized spacial score (nSPS) is 11.5. The van der Waals surface area contributed by atoms with E-state index in [2.05, 4.69) is 37.2 Å². The summed E-state index contributed by atoms with van der Waals surface area (Å²) in [5.74, 6) is 0.0504. The van der Waals surface area contributed by atoms with Crippen LogP contribution in [0.4, 0.5) is 18.9 Å². The summed E-state index contributed by atoms with van der Waals surface area (Å²) in [6.45, 7) is 0.199. The maximum atomic E-state index is 12.9. The van der Waals surface area contributed by atoms with Crippen molar-refractivity contribution in [3.05, 3.63) is 56.5 Å². The Hall–Kier alpha value is -1.21. The third-order valence-electron chi connectivity index (χ3n) is 2.79. The van der Waals surface area contributed by atoms with Gasteiger partial charge in [-0.2, -0.15) is 13.2 Å². The molecule has 0 aromatic heterocycles. The maximum absolute atomic E-state index is 12.9. The third-order valence-corrected chi connectivity index (χ3v) is 4.00. The van der Waals surface area contributed by atoms with Gasteiger partial charge in [0.25, 0.3) is 0 Å². The molecule has 0 spiro atoms. The van der Waals surface area contributed by atoms with Gasteiger partial charge in [-0.3, -0.25) is 0 Å². The standard InChI is InChI=1S/C14H10Br2F3NO/c15-10-5-8(6-11(16)13(10)21)7-20-12-4-2-1-3-9(12)14(17,18)19/h1-6,20-21H,7H2. The van der Waals surface area contributed by atoms with E-state index in [9.17, 15) is 18.3 Å². The summed E-state index contributed by atoms with van der Waals surface area (Å²) in [7, 11) is 0. The number of phenols is 1. The topological polar surface area (TPSA) is 32.3 Å². The minimum atomic E-state index is -4.40. The lowest BCUT2D eigenvalue weighted by atomic mass is 10.1. The molecule has 7 heteroatoms. The number of nitrogens with one attached hydrogen (secondary N) is 1. The number of halogens is 5. The van der Waals surface area contributed by atoms with Gasteiger partial charge in [0.2, 0.25) is 0 Å². The number of aromatic hydroxyl groups is 1. The predicted octanol–water partition coefficient (Wildman–Crippen LogP) is 5.55. The first kappa shape index (κ1) is 16.2. The molecule has 0 fully saturated rings. The van der Waals surface area contributed by atoms with Crippen LogP contribution in [0.2, 0.25) is 0 Å². The molecule has 0 atom stereocenters. The number of benzene rings is 2. The molecule has 0 radical (unpaired) electrons. The summed E-state index contributed by atoms with van der Waals surface area (Å²) in [4.78, 5) is 0. The fourth-order valence-corrected chi connectivity index (χ4v) is 3.08. The second-order valence-corrected chi connectivity index (χ2v) is 6.01. The summed E-state index contributed by atoms with van der Waals surface area (Å²) >= 11 is 6.36. The number of phenolic OH excluding ortho intramolecular Hbond substituents is 1. The first-order chi connectivity index (χ1) is 9.79. The van der Waals surface area contributed by atoms with E-state index >= 15 is 0 Å². The van der Waals surface area contributed by atoms with Crippen LogP contribution in [0, 0.1) is 0 Å². The first-order valence-electron chi connectivity index (χ1n) is 5.86. The van der Waals surface area contributed by atoms with E-state index < -0.39 is 11.7 Å². The van der Waals surface area contributed by atoms with Crippen LogP contribution in [0.25, 0.3) is 0 Å². The Balaban J connectivity index is 2.21. The monoisotopic (exact) mass is 423 g/mol. The minimum Gasteiger partial charge on any atom is -0.506 e. The molecule has 0 bridgehead atoms. The van der Waals surface area contributed by atoms with Gasteiger partial charge in [-0.1, -0.05) is 12.1 Å². The number of anilines is 1. The quantitative estimate of drug-likeness (QED) is 0.677.